The molecule has 0 radical (unpaired) electrons. The molecule has 0 spiro atoms. The number of benzene rings is 1. The summed E-state index contributed by atoms with van der Waals surface area (Å²) in [6, 6.07) is 6.42. The Hall–Kier alpha value is -1.65. The maximum atomic E-state index is 12.8. The van der Waals surface area contributed by atoms with Crippen molar-refractivity contribution in [3.63, 3.8) is 0 Å². The van der Waals surface area contributed by atoms with Crippen LogP contribution >= 0.6 is 23.4 Å². The molecule has 1 aliphatic heterocycles. The average molecular weight is 502 g/mol. The van der Waals surface area contributed by atoms with E-state index < -0.39 is 29.0 Å². The Morgan fingerprint density at radius 3 is 2.44 bits per heavy atom. The number of alkyl halides is 6. The number of hydrogen-bond donors (Lipinski definition) is 0. The van der Waals surface area contributed by atoms with Crippen molar-refractivity contribution in [3.8, 4) is 5.75 Å². The number of hydrogen-bond acceptors (Lipinski definition) is 4. The zero-order valence-electron chi connectivity index (χ0n) is 17.5. The number of ether oxygens (including phenoxy) is 2. The molecule has 2 heterocycles. The van der Waals surface area contributed by atoms with Crippen molar-refractivity contribution in [2.75, 3.05) is 6.61 Å². The largest absolute Gasteiger partial charge is 0.573 e. The summed E-state index contributed by atoms with van der Waals surface area (Å²) in [5.41, 5.74) is -0.754. The molecule has 1 saturated heterocycles. The normalized spacial score (nSPS) is 21.5. The average Bonchev–Trinajstić information content (AvgIpc) is 2.67. The van der Waals surface area contributed by atoms with Crippen LogP contribution in [-0.2, 0) is 10.9 Å². The molecule has 1 aromatic heterocycles. The van der Waals surface area contributed by atoms with E-state index >= 15 is 0 Å². The Morgan fingerprint density at radius 2 is 1.84 bits per heavy atom. The van der Waals surface area contributed by atoms with Gasteiger partial charge in [0, 0.05) is 22.4 Å². The van der Waals surface area contributed by atoms with Crippen LogP contribution in [0.25, 0.3) is 0 Å². The van der Waals surface area contributed by atoms with Gasteiger partial charge in [0.2, 0.25) is 0 Å². The van der Waals surface area contributed by atoms with Crippen LogP contribution in [-0.4, -0.2) is 22.7 Å². The lowest BCUT2D eigenvalue weighted by Crippen LogP contribution is -2.32. The van der Waals surface area contributed by atoms with E-state index in [0.29, 0.717) is 30.5 Å². The van der Waals surface area contributed by atoms with Crippen LogP contribution in [0.2, 0.25) is 5.02 Å². The third kappa shape index (κ3) is 7.45. The zero-order valence-corrected chi connectivity index (χ0v) is 19.1. The van der Waals surface area contributed by atoms with E-state index in [0.717, 1.165) is 6.07 Å². The highest BCUT2D eigenvalue weighted by molar-refractivity contribution is 8.00. The minimum atomic E-state index is -4.79. The minimum absolute atomic E-state index is 0.148. The van der Waals surface area contributed by atoms with Crippen molar-refractivity contribution in [2.45, 2.75) is 61.9 Å². The van der Waals surface area contributed by atoms with E-state index in [1.54, 1.807) is 6.07 Å². The van der Waals surface area contributed by atoms with Gasteiger partial charge in [-0.25, -0.2) is 0 Å². The van der Waals surface area contributed by atoms with Crippen molar-refractivity contribution in [3.05, 3.63) is 52.8 Å². The standard InChI is InChI=1S/C19H16ClF6NO2S.C2H6/c1-17(30-13-4-2-3-12(8-13)29-19(24,25)26)5-6-28-15(9-17)16-14(20)7-11(10-27-16)18(21,22)23;1-2/h2-4,7-8,10,15H,5-6,9H2,1H3;1-2H3. The van der Waals surface area contributed by atoms with Crippen molar-refractivity contribution < 1.29 is 35.8 Å². The third-order valence-corrected chi connectivity index (χ3v) is 6.13. The summed E-state index contributed by atoms with van der Waals surface area (Å²) in [7, 11) is 0. The topological polar surface area (TPSA) is 31.4 Å². The fourth-order valence-electron chi connectivity index (χ4n) is 3.10. The van der Waals surface area contributed by atoms with Gasteiger partial charge in [-0.1, -0.05) is 31.5 Å². The molecule has 2 aromatic rings. The predicted molar refractivity (Wildman–Crippen MR) is 111 cm³/mol. The lowest BCUT2D eigenvalue weighted by Gasteiger charge is -2.37. The summed E-state index contributed by atoms with van der Waals surface area (Å²) >= 11 is 7.37. The van der Waals surface area contributed by atoms with Gasteiger partial charge in [-0.15, -0.1) is 24.9 Å². The summed E-state index contributed by atoms with van der Waals surface area (Å²) in [5, 5.41) is -0.148. The lowest BCUT2D eigenvalue weighted by molar-refractivity contribution is -0.274. The smallest absolute Gasteiger partial charge is 0.406 e. The first-order chi connectivity index (χ1) is 14.8. The molecule has 178 valence electrons. The van der Waals surface area contributed by atoms with Gasteiger partial charge in [-0.3, -0.25) is 4.98 Å². The van der Waals surface area contributed by atoms with Crippen LogP contribution in [0, 0.1) is 0 Å². The highest BCUT2D eigenvalue weighted by Crippen LogP contribution is 2.47. The van der Waals surface area contributed by atoms with Gasteiger partial charge in [0.1, 0.15) is 11.9 Å². The van der Waals surface area contributed by atoms with E-state index in [1.807, 2.05) is 20.8 Å². The van der Waals surface area contributed by atoms with Gasteiger partial charge in [-0.05, 0) is 44.0 Å². The van der Waals surface area contributed by atoms with Crippen molar-refractivity contribution in [1.29, 1.82) is 0 Å². The van der Waals surface area contributed by atoms with Crippen LogP contribution < -0.4 is 4.74 Å². The Labute approximate surface area is 191 Å². The molecule has 0 saturated carbocycles. The molecule has 32 heavy (non-hydrogen) atoms. The SMILES string of the molecule is CC.CC1(Sc2cccc(OC(F)(F)F)c2)CCOC(c2ncc(C(F)(F)F)cc2Cl)C1. The summed E-state index contributed by atoms with van der Waals surface area (Å²) in [6.07, 6.45) is -8.34. The number of halogens is 7. The highest BCUT2D eigenvalue weighted by Gasteiger charge is 2.38. The monoisotopic (exact) mass is 501 g/mol. The van der Waals surface area contributed by atoms with Crippen molar-refractivity contribution in [1.82, 2.24) is 4.98 Å². The predicted octanol–water partition coefficient (Wildman–Crippen LogP) is 8.08. The number of pyridine rings is 1. The molecule has 3 nitrogen and oxygen atoms in total. The van der Waals surface area contributed by atoms with Crippen LogP contribution in [0.4, 0.5) is 26.3 Å². The quantitative estimate of drug-likeness (QED) is 0.396. The maximum Gasteiger partial charge on any atom is 0.573 e. The summed E-state index contributed by atoms with van der Waals surface area (Å²) < 4.78 is 85.0. The van der Waals surface area contributed by atoms with Crippen LogP contribution in [0.1, 0.15) is 51.0 Å². The molecule has 0 aliphatic carbocycles. The molecule has 3 rings (SSSR count). The molecule has 2 unspecified atom stereocenters. The number of rotatable bonds is 4. The number of nitrogens with zero attached hydrogens (tertiary/aromatic N) is 1. The van der Waals surface area contributed by atoms with Crippen molar-refractivity contribution >= 4 is 23.4 Å². The second-order valence-electron chi connectivity index (χ2n) is 6.98. The van der Waals surface area contributed by atoms with Crippen molar-refractivity contribution in [2.24, 2.45) is 0 Å². The van der Waals surface area contributed by atoms with Gasteiger partial charge in [0.15, 0.2) is 0 Å². The molecule has 0 amide bonds. The highest BCUT2D eigenvalue weighted by atomic mass is 35.5. The second-order valence-corrected chi connectivity index (χ2v) is 9.05. The van der Waals surface area contributed by atoms with E-state index in [4.69, 9.17) is 16.3 Å². The lowest BCUT2D eigenvalue weighted by atomic mass is 9.94. The number of aromatic nitrogens is 1. The minimum Gasteiger partial charge on any atom is -0.406 e. The third-order valence-electron chi connectivity index (χ3n) is 4.47. The Balaban J connectivity index is 0.00000176. The maximum absolute atomic E-state index is 12.8. The molecule has 0 bridgehead atoms. The second kappa shape index (κ2) is 10.5. The fourth-order valence-corrected chi connectivity index (χ4v) is 4.70. The van der Waals surface area contributed by atoms with Gasteiger partial charge in [0.05, 0.1) is 16.3 Å². The van der Waals surface area contributed by atoms with Gasteiger partial charge in [-0.2, -0.15) is 13.2 Å². The Kier molecular flexibility index (Phi) is 8.75. The summed E-state index contributed by atoms with van der Waals surface area (Å²) in [5.74, 6) is -0.327. The molecular weight excluding hydrogens is 480 g/mol. The van der Waals surface area contributed by atoms with Crippen LogP contribution in [0.15, 0.2) is 41.4 Å². The van der Waals surface area contributed by atoms with Gasteiger partial charge >= 0.3 is 12.5 Å². The molecule has 11 heteroatoms. The summed E-state index contributed by atoms with van der Waals surface area (Å²) in [4.78, 5) is 4.43. The molecule has 1 fully saturated rings. The molecule has 2 atom stereocenters. The van der Waals surface area contributed by atoms with E-state index in [-0.39, 0.29) is 16.5 Å². The zero-order chi connectivity index (χ0) is 24.2. The van der Waals surface area contributed by atoms with Gasteiger partial charge in [0.25, 0.3) is 0 Å². The van der Waals surface area contributed by atoms with Gasteiger partial charge < -0.3 is 9.47 Å². The molecular formula is C21H22ClF6NO2S. The molecule has 1 aromatic carbocycles. The van der Waals surface area contributed by atoms with E-state index in [9.17, 15) is 26.3 Å². The fraction of sp³-hybridized carbons (Fsp3) is 0.476. The molecule has 1 aliphatic rings. The van der Waals surface area contributed by atoms with Crippen LogP contribution in [0.3, 0.4) is 0 Å². The number of thioether (sulfide) groups is 1. The molecule has 0 N–H and O–H groups in total. The van der Waals surface area contributed by atoms with E-state index in [1.165, 1.54) is 30.0 Å². The summed E-state index contributed by atoms with van der Waals surface area (Å²) in [6.45, 7) is 6.20. The van der Waals surface area contributed by atoms with E-state index in [2.05, 4.69) is 9.72 Å². The first-order valence-electron chi connectivity index (χ1n) is 9.74. The Morgan fingerprint density at radius 1 is 1.16 bits per heavy atom. The first-order valence-corrected chi connectivity index (χ1v) is 10.9. The van der Waals surface area contributed by atoms with Crippen LogP contribution in [0.5, 0.6) is 5.75 Å². The Bertz CT molecular complexity index is 909. The first kappa shape index (κ1) is 26.6.